The molecule has 9 nitrogen and oxygen atoms in total. The van der Waals surface area contributed by atoms with Crippen molar-refractivity contribution in [1.82, 2.24) is 36.5 Å². The molecule has 0 unspecified atom stereocenters. The van der Waals surface area contributed by atoms with E-state index in [9.17, 15) is 0 Å². The van der Waals surface area contributed by atoms with E-state index in [0.717, 1.165) is 16.9 Å². The zero-order chi connectivity index (χ0) is 97.4. The van der Waals surface area contributed by atoms with Crippen LogP contribution in [0.15, 0.2) is 550 Å². The quantitative estimate of drug-likeness (QED) is 0.150. The van der Waals surface area contributed by atoms with Gasteiger partial charge in [0.2, 0.25) is 0 Å². The van der Waals surface area contributed by atoms with Crippen LogP contribution in [0.5, 0.6) is 0 Å². The molecule has 0 radical (unpaired) electrons. The molecular weight excluding hydrogens is 1820 g/mol. The molecule has 0 spiro atoms. The molecule has 33 rings (SSSR count). The van der Waals surface area contributed by atoms with Crippen molar-refractivity contribution in [2.45, 2.75) is 0 Å². The number of hydrogen-bond acceptors (Lipinski definition) is 2. The van der Waals surface area contributed by atoms with Crippen LogP contribution in [0.3, 0.4) is 0 Å². The summed E-state index contributed by atoms with van der Waals surface area (Å²) in [6, 6.07) is 195. The van der Waals surface area contributed by atoms with Gasteiger partial charge in [-0.15, -0.1) is 11.3 Å². The number of nitrogens with zero attached hydrogens (tertiary/aromatic N) is 8. The molecule has 0 saturated carbocycles. The third-order valence-electron chi connectivity index (χ3n) is 29.9. The highest BCUT2D eigenvalue weighted by Gasteiger charge is 2.27. The molecule has 148 heavy (non-hydrogen) atoms. The molecule has 0 saturated heterocycles. The molecule has 33 aromatic rings. The summed E-state index contributed by atoms with van der Waals surface area (Å²) in [5, 5.41) is 25.6. The average molecular weight is 1910 g/mol. The van der Waals surface area contributed by atoms with Gasteiger partial charge in [-0.25, -0.2) is 0 Å². The van der Waals surface area contributed by atoms with E-state index in [1.54, 1.807) is 0 Å². The Labute approximate surface area is 854 Å². The summed E-state index contributed by atoms with van der Waals surface area (Å²) in [5.41, 5.74) is 31.1. The number of fused-ring (bicyclic) bond motifs is 34. The molecular formula is C138H90N8OS. The van der Waals surface area contributed by atoms with Gasteiger partial charge < -0.3 is 41.0 Å². The second kappa shape index (κ2) is 35.3. The monoisotopic (exact) mass is 1910 g/mol. The summed E-state index contributed by atoms with van der Waals surface area (Å²) in [6.45, 7) is 0. The lowest BCUT2D eigenvalue weighted by atomic mass is 10.1. The SMILES string of the molecule is c1ccc(-n2c3ccccc3c3c4c5ccccc5n(-c5ccccc5)c4ccc32)cc1.c1ccc(-n2c3ccccc3c3c4oc5ccccc5c4ccc32)cc1.c1ccc(-n2c3ccccc3c3c4sc5ccccc5c4ccc32)cc1.c1ccc(-n2c3ccccc3c3cc4c5ccccc5n(-c5ccccc5)c4cc32)cc1.c1ccc(-n2c3ccccc3c3ccc4c5ccccc5n(-c5ccccc5)c4c32)cc1. The number of rotatable bonds is 8. The molecule has 23 aromatic carbocycles. The summed E-state index contributed by atoms with van der Waals surface area (Å²) >= 11 is 1.90. The first kappa shape index (κ1) is 85.3. The van der Waals surface area contributed by atoms with Gasteiger partial charge in [-0.2, -0.15) is 0 Å². The van der Waals surface area contributed by atoms with Gasteiger partial charge in [-0.05, 0) is 200 Å². The number of aromatic nitrogens is 8. The normalized spacial score (nSPS) is 11.8. The molecule has 10 aromatic heterocycles. The first-order valence-corrected chi connectivity index (χ1v) is 51.4. The molecule has 10 heteroatoms. The van der Waals surface area contributed by atoms with E-state index in [-0.39, 0.29) is 0 Å². The third-order valence-corrected chi connectivity index (χ3v) is 31.1. The second-order valence-corrected chi connectivity index (χ2v) is 39.0. The highest BCUT2D eigenvalue weighted by molar-refractivity contribution is 7.26. The fourth-order valence-corrected chi connectivity index (χ4v) is 25.0. The van der Waals surface area contributed by atoms with Gasteiger partial charge in [0.15, 0.2) is 0 Å². The standard InChI is InChI=1S/3C30H20N2.C24H15NO.C24H15NS/c1-3-11-21(12-4-1)31-27-17-9-7-15-23(27)25-19-26-24-16-8-10-18-28(24)32(30(26)20-29(25)31)22-13-5-2-6-14-22;1-3-11-21(12-4-1)31-27-17-9-7-15-23(27)25-19-20-26-24-16-8-10-18-28(24)32(30(26)29(25)31)22-13-5-2-6-14-22;1-3-11-21(12-4-1)31-25-17-9-7-15-23(25)29-27(31)19-20-28-30(29)24-16-8-10-18-26(24)32(28)22-13-5-2-6-14-22;2*1-2-8-16(9-3-1)25-20-12-6-4-11-19(20)23-21(25)15-14-18-17-10-5-7-13-22(17)26-24(18)23/h3*1-20H;2*1-15H. The molecule has 0 amide bonds. The maximum absolute atomic E-state index is 6.31. The Bertz CT molecular complexity index is 10400. The molecule has 0 N–H and O–H groups in total. The Morgan fingerprint density at radius 3 is 0.736 bits per heavy atom. The second-order valence-electron chi connectivity index (χ2n) is 38.0. The van der Waals surface area contributed by atoms with Gasteiger partial charge in [0.1, 0.15) is 11.2 Å². The van der Waals surface area contributed by atoms with E-state index in [4.69, 9.17) is 4.42 Å². The van der Waals surface area contributed by atoms with Crippen molar-refractivity contribution in [2.75, 3.05) is 0 Å². The van der Waals surface area contributed by atoms with E-state index in [2.05, 4.69) is 570 Å². The number of para-hydroxylation sites is 17. The minimum Gasteiger partial charge on any atom is -0.455 e. The van der Waals surface area contributed by atoms with Crippen LogP contribution in [0.2, 0.25) is 0 Å². The first-order chi connectivity index (χ1) is 73.6. The van der Waals surface area contributed by atoms with Crippen LogP contribution in [0.1, 0.15) is 0 Å². The summed E-state index contributed by atoms with van der Waals surface area (Å²) < 4.78 is 28.1. The Balaban J connectivity index is 0.0000000875. The van der Waals surface area contributed by atoms with Crippen LogP contribution in [-0.2, 0) is 0 Å². The van der Waals surface area contributed by atoms with Crippen LogP contribution in [-0.4, -0.2) is 36.5 Å². The van der Waals surface area contributed by atoms with Gasteiger partial charge in [-0.1, -0.05) is 346 Å². The van der Waals surface area contributed by atoms with Gasteiger partial charge in [0, 0.05) is 157 Å². The fraction of sp³-hybridized carbons (Fsp3) is 0. The summed E-state index contributed by atoms with van der Waals surface area (Å²) in [7, 11) is 0. The molecule has 0 bridgehead atoms. The van der Waals surface area contributed by atoms with Crippen molar-refractivity contribution >= 4 is 228 Å². The van der Waals surface area contributed by atoms with Crippen molar-refractivity contribution in [2.24, 2.45) is 0 Å². The number of hydrogen-bond donors (Lipinski definition) is 0. The number of thiophene rings is 1. The van der Waals surface area contributed by atoms with Gasteiger partial charge in [0.05, 0.1) is 93.7 Å². The molecule has 0 aliphatic rings. The Hall–Kier alpha value is -19.5. The van der Waals surface area contributed by atoms with Crippen molar-refractivity contribution in [3.63, 3.8) is 0 Å². The van der Waals surface area contributed by atoms with Crippen LogP contribution in [0.25, 0.3) is 262 Å². The van der Waals surface area contributed by atoms with E-state index >= 15 is 0 Å². The fourth-order valence-electron chi connectivity index (χ4n) is 23.7. The van der Waals surface area contributed by atoms with Crippen LogP contribution in [0.4, 0.5) is 0 Å². The first-order valence-electron chi connectivity index (χ1n) is 50.5. The topological polar surface area (TPSA) is 52.6 Å². The third kappa shape index (κ3) is 13.6. The van der Waals surface area contributed by atoms with Crippen molar-refractivity contribution in [1.29, 1.82) is 0 Å². The maximum atomic E-state index is 6.31. The molecule has 0 fully saturated rings. The van der Waals surface area contributed by atoms with E-state index in [1.165, 1.54) is 245 Å². The van der Waals surface area contributed by atoms with E-state index in [1.807, 2.05) is 23.5 Å². The lowest BCUT2D eigenvalue weighted by molar-refractivity contribution is 0.673. The van der Waals surface area contributed by atoms with Crippen molar-refractivity contribution in [3.05, 3.63) is 546 Å². The highest BCUT2D eigenvalue weighted by atomic mass is 32.1. The Kier molecular flexibility index (Phi) is 20.3. The molecule has 0 aliphatic carbocycles. The molecule has 10 heterocycles. The van der Waals surface area contributed by atoms with Crippen LogP contribution >= 0.6 is 11.3 Å². The van der Waals surface area contributed by atoms with Gasteiger partial charge in [0.25, 0.3) is 0 Å². The predicted molar refractivity (Wildman–Crippen MR) is 627 cm³/mol. The van der Waals surface area contributed by atoms with E-state index < -0.39 is 0 Å². The highest BCUT2D eigenvalue weighted by Crippen LogP contribution is 2.50. The summed E-state index contributed by atoms with van der Waals surface area (Å²) in [5.74, 6) is 0. The minimum atomic E-state index is 0.937. The average Bonchev–Trinajstić information content (AvgIpc) is 1.65. The molecule has 694 valence electrons. The summed E-state index contributed by atoms with van der Waals surface area (Å²) in [6.07, 6.45) is 0. The number of benzene rings is 23. The Morgan fingerprint density at radius 1 is 0.135 bits per heavy atom. The van der Waals surface area contributed by atoms with Gasteiger partial charge in [-0.3, -0.25) is 0 Å². The largest absolute Gasteiger partial charge is 0.455 e. The zero-order valence-electron chi connectivity index (χ0n) is 80.4. The zero-order valence-corrected chi connectivity index (χ0v) is 81.2. The van der Waals surface area contributed by atoms with Crippen LogP contribution < -0.4 is 0 Å². The number of furan rings is 1. The predicted octanol–water partition coefficient (Wildman–Crippen LogP) is 37.5. The van der Waals surface area contributed by atoms with Crippen LogP contribution in [0, 0.1) is 0 Å². The molecule has 0 atom stereocenters. The Morgan fingerprint density at radius 2 is 0.372 bits per heavy atom. The van der Waals surface area contributed by atoms with Crippen molar-refractivity contribution < 1.29 is 4.42 Å². The minimum absolute atomic E-state index is 0.937. The summed E-state index contributed by atoms with van der Waals surface area (Å²) in [4.78, 5) is 0. The molecule has 0 aliphatic heterocycles. The maximum Gasteiger partial charge on any atom is 0.145 e. The van der Waals surface area contributed by atoms with E-state index in [0.29, 0.717) is 0 Å². The lowest BCUT2D eigenvalue weighted by Crippen LogP contribution is -1.98. The lowest BCUT2D eigenvalue weighted by Gasteiger charge is -2.12. The smallest absolute Gasteiger partial charge is 0.145 e. The van der Waals surface area contributed by atoms with Gasteiger partial charge >= 0.3 is 0 Å². The van der Waals surface area contributed by atoms with Crippen molar-refractivity contribution in [3.8, 4) is 45.5 Å².